The summed E-state index contributed by atoms with van der Waals surface area (Å²) in [6.07, 6.45) is 0.399. The average Bonchev–Trinajstić information content (AvgIpc) is 2.18. The van der Waals surface area contributed by atoms with Crippen molar-refractivity contribution in [2.24, 2.45) is 0 Å². The summed E-state index contributed by atoms with van der Waals surface area (Å²) in [5.74, 6) is 1.07. The van der Waals surface area contributed by atoms with E-state index in [-0.39, 0.29) is 5.78 Å². The van der Waals surface area contributed by atoms with E-state index >= 15 is 0 Å². The van der Waals surface area contributed by atoms with Gasteiger partial charge in [0.05, 0.1) is 19.3 Å². The fourth-order valence-corrected chi connectivity index (χ4v) is 1.66. The van der Waals surface area contributed by atoms with Crippen LogP contribution >= 0.6 is 11.6 Å². The first-order valence-electron chi connectivity index (χ1n) is 4.26. The van der Waals surface area contributed by atoms with E-state index in [4.69, 9.17) is 21.1 Å². The molecule has 1 aromatic rings. The van der Waals surface area contributed by atoms with E-state index in [0.717, 1.165) is 0 Å². The van der Waals surface area contributed by atoms with Crippen LogP contribution in [0.25, 0.3) is 0 Å². The van der Waals surface area contributed by atoms with E-state index in [1.807, 2.05) is 0 Å². The molecule has 0 aliphatic carbocycles. The molecule has 2 rings (SSSR count). The fourth-order valence-electron chi connectivity index (χ4n) is 1.46. The van der Waals surface area contributed by atoms with Crippen LogP contribution in [0.4, 0.5) is 0 Å². The molecule has 0 saturated carbocycles. The molecule has 0 spiro atoms. The maximum Gasteiger partial charge on any atom is 0.172 e. The van der Waals surface area contributed by atoms with Gasteiger partial charge < -0.3 is 9.47 Å². The van der Waals surface area contributed by atoms with Gasteiger partial charge in [-0.15, -0.1) is 0 Å². The van der Waals surface area contributed by atoms with Gasteiger partial charge >= 0.3 is 0 Å². The van der Waals surface area contributed by atoms with Crippen LogP contribution in [0.5, 0.6) is 11.5 Å². The normalized spacial score (nSPS) is 14.6. The minimum atomic E-state index is 0.0482. The molecule has 1 aliphatic heterocycles. The maximum atomic E-state index is 11.5. The molecule has 3 nitrogen and oxygen atoms in total. The lowest BCUT2D eigenvalue weighted by Gasteiger charge is -2.18. The predicted molar refractivity (Wildman–Crippen MR) is 52.4 cm³/mol. The van der Waals surface area contributed by atoms with Crippen LogP contribution in [0.15, 0.2) is 12.1 Å². The van der Waals surface area contributed by atoms with E-state index in [2.05, 4.69) is 0 Å². The molecule has 14 heavy (non-hydrogen) atoms. The Labute approximate surface area is 86.6 Å². The van der Waals surface area contributed by atoms with Gasteiger partial charge in [0.25, 0.3) is 0 Å². The van der Waals surface area contributed by atoms with Crippen molar-refractivity contribution in [2.45, 2.75) is 6.42 Å². The molecule has 1 aromatic carbocycles. The molecule has 0 saturated heterocycles. The zero-order chi connectivity index (χ0) is 10.1. The van der Waals surface area contributed by atoms with Crippen LogP contribution in [-0.4, -0.2) is 19.5 Å². The van der Waals surface area contributed by atoms with E-state index in [1.165, 1.54) is 7.11 Å². The molecule has 0 amide bonds. The van der Waals surface area contributed by atoms with Crippen molar-refractivity contribution in [1.29, 1.82) is 0 Å². The van der Waals surface area contributed by atoms with Crippen molar-refractivity contribution in [1.82, 2.24) is 0 Å². The van der Waals surface area contributed by atoms with Crippen LogP contribution in [0.2, 0.25) is 5.02 Å². The Kier molecular flexibility index (Phi) is 2.33. The Morgan fingerprint density at radius 2 is 2.29 bits per heavy atom. The molecule has 0 unspecified atom stereocenters. The number of benzene rings is 1. The quantitative estimate of drug-likeness (QED) is 0.717. The highest BCUT2D eigenvalue weighted by Gasteiger charge is 2.22. The number of ether oxygens (including phenoxy) is 2. The second-order valence-electron chi connectivity index (χ2n) is 3.01. The lowest BCUT2D eigenvalue weighted by molar-refractivity contribution is 0.0930. The summed E-state index contributed by atoms with van der Waals surface area (Å²) >= 11 is 5.84. The highest BCUT2D eigenvalue weighted by molar-refractivity contribution is 6.31. The summed E-state index contributed by atoms with van der Waals surface area (Å²) < 4.78 is 10.4. The fraction of sp³-hybridized carbons (Fsp3) is 0.300. The maximum absolute atomic E-state index is 11.5. The number of hydrogen-bond acceptors (Lipinski definition) is 3. The number of Topliss-reactive ketones (excluding diaryl/α,β-unsaturated/α-hetero) is 1. The molecule has 74 valence electrons. The molecule has 0 radical (unpaired) electrons. The number of carbonyl (C=O) groups is 1. The monoisotopic (exact) mass is 212 g/mol. The predicted octanol–water partition coefficient (Wildman–Crippen LogP) is 2.31. The van der Waals surface area contributed by atoms with E-state index in [0.29, 0.717) is 35.1 Å². The van der Waals surface area contributed by atoms with Crippen LogP contribution in [0.3, 0.4) is 0 Å². The topological polar surface area (TPSA) is 35.5 Å². The minimum absolute atomic E-state index is 0.0482. The second kappa shape index (κ2) is 3.50. The molecule has 0 bridgehead atoms. The van der Waals surface area contributed by atoms with Crippen LogP contribution in [0, 0.1) is 0 Å². The van der Waals surface area contributed by atoms with E-state index in [1.54, 1.807) is 12.1 Å². The summed E-state index contributed by atoms with van der Waals surface area (Å²) in [7, 11) is 1.52. The van der Waals surface area contributed by atoms with Crippen molar-refractivity contribution >= 4 is 17.4 Å². The Morgan fingerprint density at radius 3 is 3.00 bits per heavy atom. The van der Waals surface area contributed by atoms with Crippen molar-refractivity contribution < 1.29 is 14.3 Å². The first-order chi connectivity index (χ1) is 6.72. The number of ketones is 1. The van der Waals surface area contributed by atoms with Gasteiger partial charge in [0.1, 0.15) is 0 Å². The number of hydrogen-bond donors (Lipinski definition) is 0. The lowest BCUT2D eigenvalue weighted by Crippen LogP contribution is -2.15. The highest BCUT2D eigenvalue weighted by Crippen LogP contribution is 2.37. The highest BCUT2D eigenvalue weighted by atomic mass is 35.5. The third-order valence-corrected chi connectivity index (χ3v) is 2.33. The number of carbonyl (C=O) groups excluding carboxylic acids is 1. The Morgan fingerprint density at radius 1 is 1.50 bits per heavy atom. The van der Waals surface area contributed by atoms with E-state index in [9.17, 15) is 4.79 Å². The Hall–Kier alpha value is -1.22. The first-order valence-corrected chi connectivity index (χ1v) is 4.63. The van der Waals surface area contributed by atoms with Gasteiger partial charge in [-0.05, 0) is 6.07 Å². The molecular formula is C10H9ClO3. The Balaban J connectivity index is 2.60. The van der Waals surface area contributed by atoms with Gasteiger partial charge in [-0.2, -0.15) is 0 Å². The van der Waals surface area contributed by atoms with Crippen molar-refractivity contribution in [3.8, 4) is 11.5 Å². The van der Waals surface area contributed by atoms with Gasteiger partial charge in [-0.3, -0.25) is 4.79 Å². The van der Waals surface area contributed by atoms with Crippen LogP contribution < -0.4 is 9.47 Å². The van der Waals surface area contributed by atoms with Crippen LogP contribution in [-0.2, 0) is 0 Å². The zero-order valence-electron chi connectivity index (χ0n) is 7.67. The summed E-state index contributed by atoms with van der Waals surface area (Å²) in [5.41, 5.74) is 0.514. The number of halogens is 1. The largest absolute Gasteiger partial charge is 0.493 e. The SMILES string of the molecule is COc1cc(Cl)cc2c1OCCC2=O. The van der Waals surface area contributed by atoms with Crippen molar-refractivity contribution in [3.63, 3.8) is 0 Å². The second-order valence-corrected chi connectivity index (χ2v) is 3.44. The molecule has 1 aliphatic rings. The van der Waals surface area contributed by atoms with Crippen molar-refractivity contribution in [2.75, 3.05) is 13.7 Å². The van der Waals surface area contributed by atoms with Crippen LogP contribution in [0.1, 0.15) is 16.8 Å². The van der Waals surface area contributed by atoms with Gasteiger partial charge in [-0.1, -0.05) is 11.6 Å². The molecule has 4 heteroatoms. The smallest absolute Gasteiger partial charge is 0.172 e. The Bertz CT molecular complexity index is 387. The minimum Gasteiger partial charge on any atom is -0.493 e. The lowest BCUT2D eigenvalue weighted by atomic mass is 10.0. The number of methoxy groups -OCH3 is 1. The molecule has 0 aromatic heterocycles. The summed E-state index contributed by atoms with van der Waals surface area (Å²) in [6, 6.07) is 3.25. The number of rotatable bonds is 1. The average molecular weight is 213 g/mol. The molecular weight excluding hydrogens is 204 g/mol. The van der Waals surface area contributed by atoms with Gasteiger partial charge in [0.2, 0.25) is 0 Å². The third-order valence-electron chi connectivity index (χ3n) is 2.12. The molecule has 0 atom stereocenters. The van der Waals surface area contributed by atoms with Gasteiger partial charge in [0, 0.05) is 17.5 Å². The van der Waals surface area contributed by atoms with Gasteiger partial charge in [0.15, 0.2) is 17.3 Å². The molecule has 0 fully saturated rings. The molecule has 0 N–H and O–H groups in total. The standard InChI is InChI=1S/C10H9ClO3/c1-13-9-5-6(11)4-7-8(12)2-3-14-10(7)9/h4-5H,2-3H2,1H3. The van der Waals surface area contributed by atoms with E-state index < -0.39 is 0 Å². The summed E-state index contributed by atoms with van der Waals surface area (Å²) in [4.78, 5) is 11.5. The molecule has 1 heterocycles. The zero-order valence-corrected chi connectivity index (χ0v) is 8.43. The number of fused-ring (bicyclic) bond motifs is 1. The summed E-state index contributed by atoms with van der Waals surface area (Å²) in [5, 5.41) is 0.486. The third kappa shape index (κ3) is 1.44. The van der Waals surface area contributed by atoms with Crippen molar-refractivity contribution in [3.05, 3.63) is 22.7 Å². The summed E-state index contributed by atoms with van der Waals surface area (Å²) in [6.45, 7) is 0.407. The first kappa shape index (κ1) is 9.34. The van der Waals surface area contributed by atoms with Gasteiger partial charge in [-0.25, -0.2) is 0 Å².